The lowest BCUT2D eigenvalue weighted by atomic mass is 10.1. The molecule has 70 valence electrons. The number of nitrogens with two attached hydrogens (primary N) is 3. The van der Waals surface area contributed by atoms with Gasteiger partial charge >= 0.3 is 0 Å². The zero-order valence-corrected chi connectivity index (χ0v) is 7.01. The van der Waals surface area contributed by atoms with Crippen molar-refractivity contribution >= 4 is 5.96 Å². The van der Waals surface area contributed by atoms with Crippen molar-refractivity contribution in [2.45, 2.75) is 6.17 Å². The van der Waals surface area contributed by atoms with Gasteiger partial charge in [0.05, 0.1) is 0 Å². The number of aromatic hydroxyl groups is 1. The lowest BCUT2D eigenvalue weighted by Crippen LogP contribution is -2.25. The Morgan fingerprint density at radius 1 is 1.31 bits per heavy atom. The summed E-state index contributed by atoms with van der Waals surface area (Å²) in [6.45, 7) is 0. The number of rotatable bonds is 2. The van der Waals surface area contributed by atoms with Crippen LogP contribution in [0.5, 0.6) is 5.75 Å². The van der Waals surface area contributed by atoms with Crippen molar-refractivity contribution in [3.63, 3.8) is 0 Å². The van der Waals surface area contributed by atoms with Crippen molar-refractivity contribution in [2.24, 2.45) is 22.2 Å². The summed E-state index contributed by atoms with van der Waals surface area (Å²) in [5.41, 5.74) is 16.4. The second-order valence-corrected chi connectivity index (χ2v) is 2.56. The van der Waals surface area contributed by atoms with Gasteiger partial charge in [0.2, 0.25) is 0 Å². The zero-order valence-electron chi connectivity index (χ0n) is 7.01. The van der Waals surface area contributed by atoms with Gasteiger partial charge in [-0.3, -0.25) is 0 Å². The van der Waals surface area contributed by atoms with E-state index in [9.17, 15) is 5.11 Å². The van der Waals surface area contributed by atoms with Gasteiger partial charge in [0, 0.05) is 5.56 Å². The molecule has 5 heteroatoms. The van der Waals surface area contributed by atoms with Crippen LogP contribution < -0.4 is 17.2 Å². The fourth-order valence-electron chi connectivity index (χ4n) is 0.968. The molecule has 0 saturated heterocycles. The van der Waals surface area contributed by atoms with E-state index in [1.54, 1.807) is 18.2 Å². The summed E-state index contributed by atoms with van der Waals surface area (Å²) in [6, 6.07) is 6.63. The van der Waals surface area contributed by atoms with Gasteiger partial charge in [-0.25, -0.2) is 4.99 Å². The Balaban J connectivity index is 2.95. The van der Waals surface area contributed by atoms with E-state index < -0.39 is 6.17 Å². The van der Waals surface area contributed by atoms with Crippen LogP contribution in [0.25, 0.3) is 0 Å². The molecule has 0 spiro atoms. The van der Waals surface area contributed by atoms with Crippen molar-refractivity contribution < 1.29 is 5.11 Å². The van der Waals surface area contributed by atoms with E-state index in [2.05, 4.69) is 4.99 Å². The molecule has 1 aromatic rings. The predicted molar refractivity (Wildman–Crippen MR) is 50.8 cm³/mol. The third kappa shape index (κ3) is 2.34. The number of nitrogens with zero attached hydrogens (tertiary/aromatic N) is 1. The molecule has 0 saturated carbocycles. The molecule has 5 nitrogen and oxygen atoms in total. The highest BCUT2D eigenvalue weighted by molar-refractivity contribution is 5.76. The number of phenols is 1. The van der Waals surface area contributed by atoms with Gasteiger partial charge in [-0.2, -0.15) is 0 Å². The molecule has 0 radical (unpaired) electrons. The number of aliphatic imine (C=N–C) groups is 1. The quantitative estimate of drug-likeness (QED) is 0.367. The van der Waals surface area contributed by atoms with E-state index in [0.717, 1.165) is 0 Å². The summed E-state index contributed by atoms with van der Waals surface area (Å²) in [5.74, 6) is -0.0178. The van der Waals surface area contributed by atoms with E-state index in [4.69, 9.17) is 17.2 Å². The molecular formula is C8H12N4O. The standard InChI is InChI=1S/C8H12N4O/c9-7(12-8(10)11)5-3-1-2-4-6(5)13/h1-4,7,13H,9H2,(H4,10,11,12). The summed E-state index contributed by atoms with van der Waals surface area (Å²) >= 11 is 0. The molecule has 1 atom stereocenters. The van der Waals surface area contributed by atoms with Crippen LogP contribution in [0.15, 0.2) is 29.3 Å². The third-order valence-corrected chi connectivity index (χ3v) is 1.54. The zero-order chi connectivity index (χ0) is 9.84. The van der Waals surface area contributed by atoms with Gasteiger partial charge in [-0.05, 0) is 6.07 Å². The van der Waals surface area contributed by atoms with Gasteiger partial charge in [0.1, 0.15) is 11.9 Å². The van der Waals surface area contributed by atoms with Crippen LogP contribution in [0.1, 0.15) is 11.7 Å². The first-order chi connectivity index (χ1) is 6.11. The minimum atomic E-state index is -0.716. The fraction of sp³-hybridized carbons (Fsp3) is 0.125. The van der Waals surface area contributed by atoms with E-state index in [1.807, 2.05) is 0 Å². The minimum absolute atomic E-state index is 0.0833. The first kappa shape index (κ1) is 9.34. The maximum Gasteiger partial charge on any atom is 0.187 e. The van der Waals surface area contributed by atoms with Crippen molar-refractivity contribution in [1.29, 1.82) is 0 Å². The van der Waals surface area contributed by atoms with Crippen LogP contribution in [0.2, 0.25) is 0 Å². The Hall–Kier alpha value is -1.75. The highest BCUT2D eigenvalue weighted by Crippen LogP contribution is 2.22. The van der Waals surface area contributed by atoms with Crippen LogP contribution in [0, 0.1) is 0 Å². The SMILES string of the molecule is NC(N)=NC(N)c1ccccc1O. The van der Waals surface area contributed by atoms with Crippen LogP contribution in [0.4, 0.5) is 0 Å². The average molecular weight is 180 g/mol. The van der Waals surface area contributed by atoms with Crippen molar-refractivity contribution in [3.8, 4) is 5.75 Å². The first-order valence-electron chi connectivity index (χ1n) is 3.73. The molecule has 0 bridgehead atoms. The molecular weight excluding hydrogens is 168 g/mol. The molecule has 0 heterocycles. The van der Waals surface area contributed by atoms with Crippen LogP contribution in [0.3, 0.4) is 0 Å². The third-order valence-electron chi connectivity index (χ3n) is 1.54. The van der Waals surface area contributed by atoms with E-state index >= 15 is 0 Å². The number of benzene rings is 1. The molecule has 0 aliphatic rings. The van der Waals surface area contributed by atoms with Gasteiger partial charge in [0.15, 0.2) is 5.96 Å². The van der Waals surface area contributed by atoms with Crippen molar-refractivity contribution in [3.05, 3.63) is 29.8 Å². The number of hydrogen-bond donors (Lipinski definition) is 4. The van der Waals surface area contributed by atoms with Gasteiger partial charge in [0.25, 0.3) is 0 Å². The van der Waals surface area contributed by atoms with Gasteiger partial charge in [-0.15, -0.1) is 0 Å². The van der Waals surface area contributed by atoms with Crippen LogP contribution >= 0.6 is 0 Å². The monoisotopic (exact) mass is 180 g/mol. The largest absolute Gasteiger partial charge is 0.508 e. The molecule has 7 N–H and O–H groups in total. The van der Waals surface area contributed by atoms with E-state index in [1.165, 1.54) is 6.07 Å². The summed E-state index contributed by atoms with van der Waals surface area (Å²) in [7, 11) is 0. The second kappa shape index (κ2) is 3.77. The lowest BCUT2D eigenvalue weighted by molar-refractivity contribution is 0.462. The normalized spacial score (nSPS) is 12.1. The summed E-state index contributed by atoms with van der Waals surface area (Å²) in [4.78, 5) is 3.70. The lowest BCUT2D eigenvalue weighted by Gasteiger charge is -2.08. The Labute approximate surface area is 75.9 Å². The Morgan fingerprint density at radius 3 is 2.46 bits per heavy atom. The Bertz CT molecular complexity index is 320. The summed E-state index contributed by atoms with van der Waals surface area (Å²) < 4.78 is 0. The van der Waals surface area contributed by atoms with E-state index in [-0.39, 0.29) is 11.7 Å². The van der Waals surface area contributed by atoms with E-state index in [0.29, 0.717) is 5.56 Å². The summed E-state index contributed by atoms with van der Waals surface area (Å²) in [5, 5.41) is 9.36. The Morgan fingerprint density at radius 2 is 1.92 bits per heavy atom. The second-order valence-electron chi connectivity index (χ2n) is 2.56. The molecule has 0 fully saturated rings. The maximum absolute atomic E-state index is 9.36. The number of para-hydroxylation sites is 1. The molecule has 0 aliphatic carbocycles. The van der Waals surface area contributed by atoms with Crippen molar-refractivity contribution in [2.75, 3.05) is 0 Å². The Kier molecular flexibility index (Phi) is 2.71. The van der Waals surface area contributed by atoms with Crippen molar-refractivity contribution in [1.82, 2.24) is 0 Å². The number of hydrogen-bond acceptors (Lipinski definition) is 3. The fourth-order valence-corrected chi connectivity index (χ4v) is 0.968. The highest BCUT2D eigenvalue weighted by atomic mass is 16.3. The number of guanidine groups is 1. The van der Waals surface area contributed by atoms with Gasteiger partial charge in [-0.1, -0.05) is 18.2 Å². The topological polar surface area (TPSA) is 111 Å². The molecule has 1 aromatic carbocycles. The summed E-state index contributed by atoms with van der Waals surface area (Å²) in [6.07, 6.45) is -0.716. The first-order valence-corrected chi connectivity index (χ1v) is 3.73. The minimum Gasteiger partial charge on any atom is -0.508 e. The smallest absolute Gasteiger partial charge is 0.187 e. The molecule has 0 aromatic heterocycles. The molecule has 13 heavy (non-hydrogen) atoms. The van der Waals surface area contributed by atoms with Crippen LogP contribution in [-0.4, -0.2) is 11.1 Å². The highest BCUT2D eigenvalue weighted by Gasteiger charge is 2.07. The number of phenolic OH excluding ortho intramolecular Hbond substituents is 1. The average Bonchev–Trinajstić information content (AvgIpc) is 2.03. The molecule has 1 unspecified atom stereocenters. The van der Waals surface area contributed by atoms with Crippen LogP contribution in [-0.2, 0) is 0 Å². The molecule has 0 aliphatic heterocycles. The maximum atomic E-state index is 9.36. The molecule has 0 amide bonds. The molecule has 1 rings (SSSR count). The van der Waals surface area contributed by atoms with Gasteiger partial charge < -0.3 is 22.3 Å². The predicted octanol–water partition coefficient (Wildman–Crippen LogP) is -0.377.